The van der Waals surface area contributed by atoms with Crippen LogP contribution in [0.4, 0.5) is 11.4 Å². The van der Waals surface area contributed by atoms with Gasteiger partial charge in [-0.05, 0) is 25.5 Å². The maximum atomic E-state index is 12.0. The first kappa shape index (κ1) is 19.3. The molecule has 0 atom stereocenters. The van der Waals surface area contributed by atoms with E-state index in [0.29, 0.717) is 22.6 Å². The van der Waals surface area contributed by atoms with Crippen LogP contribution in [0.15, 0.2) is 35.5 Å². The maximum Gasteiger partial charge on any atom is 0.270 e. The number of aryl methyl sites for hydroxylation is 2. The number of rotatable bonds is 6. The van der Waals surface area contributed by atoms with E-state index in [0.717, 1.165) is 17.3 Å². The number of hydrogen-bond acceptors (Lipinski definition) is 7. The van der Waals surface area contributed by atoms with Gasteiger partial charge in [0.1, 0.15) is 18.6 Å². The number of non-ortho nitro benzene ring substituents is 1. The van der Waals surface area contributed by atoms with Crippen LogP contribution in [0, 0.1) is 24.0 Å². The number of nitrogens with one attached hydrogen (secondary N) is 1. The zero-order valence-electron chi connectivity index (χ0n) is 15.4. The van der Waals surface area contributed by atoms with Crippen molar-refractivity contribution in [3.8, 4) is 5.75 Å². The monoisotopic (exact) mass is 385 g/mol. The Balaban J connectivity index is 1.63. The first-order chi connectivity index (χ1) is 13.4. The van der Waals surface area contributed by atoms with Crippen molar-refractivity contribution >= 4 is 23.5 Å². The van der Waals surface area contributed by atoms with Gasteiger partial charge in [0.15, 0.2) is 6.79 Å². The lowest BCUT2D eigenvalue weighted by molar-refractivity contribution is -0.385. The van der Waals surface area contributed by atoms with Crippen molar-refractivity contribution in [2.45, 2.75) is 27.1 Å². The van der Waals surface area contributed by atoms with E-state index in [9.17, 15) is 14.9 Å². The molecule has 1 aliphatic rings. The van der Waals surface area contributed by atoms with Gasteiger partial charge in [-0.3, -0.25) is 14.9 Å². The average Bonchev–Trinajstić information content (AvgIpc) is 2.67. The minimum atomic E-state index is -0.501. The van der Waals surface area contributed by atoms with Crippen molar-refractivity contribution in [3.05, 3.63) is 62.7 Å². The smallest absolute Gasteiger partial charge is 0.270 e. The summed E-state index contributed by atoms with van der Waals surface area (Å²) in [7, 11) is 0. The van der Waals surface area contributed by atoms with Crippen LogP contribution in [-0.2, 0) is 27.6 Å². The Labute approximate surface area is 161 Å². The topological polar surface area (TPSA) is 112 Å². The Hall–Kier alpha value is -3.46. The van der Waals surface area contributed by atoms with Gasteiger partial charge < -0.3 is 19.6 Å². The van der Waals surface area contributed by atoms with Gasteiger partial charge >= 0.3 is 0 Å². The molecule has 0 aliphatic carbocycles. The van der Waals surface area contributed by atoms with Gasteiger partial charge in [-0.15, -0.1) is 0 Å². The summed E-state index contributed by atoms with van der Waals surface area (Å²) in [5.74, 6) is 0.0319. The predicted octanol–water partition coefficient (Wildman–Crippen LogP) is 3.22. The number of fused-ring (bicyclic) bond motifs is 1. The van der Waals surface area contributed by atoms with Crippen molar-refractivity contribution < 1.29 is 24.0 Å². The number of ether oxygens (including phenoxy) is 2. The quantitative estimate of drug-likeness (QED) is 0.464. The van der Waals surface area contributed by atoms with Crippen LogP contribution in [0.3, 0.4) is 0 Å². The lowest BCUT2D eigenvalue weighted by Crippen LogP contribution is -2.14. The Morgan fingerprint density at radius 2 is 2.18 bits per heavy atom. The van der Waals surface area contributed by atoms with Gasteiger partial charge in [-0.1, -0.05) is 22.9 Å². The molecule has 0 unspecified atom stereocenters. The number of oxime groups is 1. The molecule has 0 bridgehead atoms. The molecule has 1 N–H and O–H groups in total. The van der Waals surface area contributed by atoms with Crippen LogP contribution >= 0.6 is 0 Å². The molecule has 9 nitrogen and oxygen atoms in total. The fourth-order valence-electron chi connectivity index (χ4n) is 2.80. The maximum absolute atomic E-state index is 12.0. The fraction of sp³-hybridized carbons (Fsp3) is 0.263. The van der Waals surface area contributed by atoms with E-state index in [1.54, 1.807) is 0 Å². The Kier molecular flexibility index (Phi) is 5.85. The van der Waals surface area contributed by atoms with Crippen LogP contribution in [-0.4, -0.2) is 23.8 Å². The molecule has 0 saturated carbocycles. The lowest BCUT2D eigenvalue weighted by Gasteiger charge is -2.19. The van der Waals surface area contributed by atoms with Gasteiger partial charge in [-0.25, -0.2) is 0 Å². The van der Waals surface area contributed by atoms with Crippen molar-refractivity contribution in [2.24, 2.45) is 5.16 Å². The van der Waals surface area contributed by atoms with E-state index >= 15 is 0 Å². The van der Waals surface area contributed by atoms with E-state index in [1.165, 1.54) is 12.1 Å². The molecule has 2 aromatic carbocycles. The molecule has 0 radical (unpaired) electrons. The first-order valence-electron chi connectivity index (χ1n) is 8.48. The SMILES string of the molecule is Cc1ccc(NC(=O)/C=N\OCc2cc([N+](=O)[O-])cc3c2OCOC3)c(C)c1. The normalized spacial score (nSPS) is 12.9. The summed E-state index contributed by atoms with van der Waals surface area (Å²) in [5.41, 5.74) is 3.65. The highest BCUT2D eigenvalue weighted by Crippen LogP contribution is 2.33. The average molecular weight is 385 g/mol. The van der Waals surface area contributed by atoms with Crippen LogP contribution in [0.1, 0.15) is 22.3 Å². The van der Waals surface area contributed by atoms with Crippen molar-refractivity contribution in [2.75, 3.05) is 12.1 Å². The summed E-state index contributed by atoms with van der Waals surface area (Å²) in [6.45, 7) is 4.05. The lowest BCUT2D eigenvalue weighted by atomic mass is 10.1. The number of nitro groups is 1. The zero-order chi connectivity index (χ0) is 20.1. The molecule has 0 aromatic heterocycles. The summed E-state index contributed by atoms with van der Waals surface area (Å²) in [6, 6.07) is 8.42. The molecule has 9 heteroatoms. The number of hydrogen-bond donors (Lipinski definition) is 1. The highest BCUT2D eigenvalue weighted by Gasteiger charge is 2.21. The number of anilines is 1. The van der Waals surface area contributed by atoms with Gasteiger partial charge in [0.2, 0.25) is 0 Å². The third-order valence-corrected chi connectivity index (χ3v) is 4.09. The summed E-state index contributed by atoms with van der Waals surface area (Å²) in [6.07, 6.45) is 1.01. The molecule has 0 fully saturated rings. The van der Waals surface area contributed by atoms with Gasteiger partial charge in [-0.2, -0.15) is 0 Å². The van der Waals surface area contributed by atoms with E-state index in [2.05, 4.69) is 10.5 Å². The number of carbonyl (C=O) groups is 1. The summed E-state index contributed by atoms with van der Waals surface area (Å²) in [5, 5.41) is 17.4. The number of carbonyl (C=O) groups excluding carboxylic acids is 1. The van der Waals surface area contributed by atoms with Crippen LogP contribution in [0.5, 0.6) is 5.75 Å². The summed E-state index contributed by atoms with van der Waals surface area (Å²) >= 11 is 0. The summed E-state index contributed by atoms with van der Waals surface area (Å²) < 4.78 is 10.6. The largest absolute Gasteiger partial charge is 0.467 e. The van der Waals surface area contributed by atoms with Gasteiger partial charge in [0, 0.05) is 28.9 Å². The molecule has 3 rings (SSSR count). The molecular formula is C19H19N3O6. The second-order valence-corrected chi connectivity index (χ2v) is 6.28. The molecule has 1 heterocycles. The predicted molar refractivity (Wildman–Crippen MR) is 101 cm³/mol. The first-order valence-corrected chi connectivity index (χ1v) is 8.48. The molecule has 28 heavy (non-hydrogen) atoms. The Morgan fingerprint density at radius 1 is 1.36 bits per heavy atom. The van der Waals surface area contributed by atoms with Crippen molar-refractivity contribution in [1.29, 1.82) is 0 Å². The van der Waals surface area contributed by atoms with Crippen LogP contribution < -0.4 is 10.1 Å². The van der Waals surface area contributed by atoms with Gasteiger partial charge in [0.05, 0.1) is 11.5 Å². The Bertz CT molecular complexity index is 942. The molecule has 0 saturated heterocycles. The molecule has 1 amide bonds. The summed E-state index contributed by atoms with van der Waals surface area (Å²) in [4.78, 5) is 27.7. The van der Waals surface area contributed by atoms with Crippen LogP contribution in [0.2, 0.25) is 0 Å². The van der Waals surface area contributed by atoms with Crippen molar-refractivity contribution in [1.82, 2.24) is 0 Å². The number of nitrogens with zero attached hydrogens (tertiary/aromatic N) is 2. The van der Waals surface area contributed by atoms with E-state index in [1.807, 2.05) is 32.0 Å². The van der Waals surface area contributed by atoms with Gasteiger partial charge in [0.25, 0.3) is 11.6 Å². The number of nitro benzene ring substituents is 1. The molecule has 2 aromatic rings. The third-order valence-electron chi connectivity index (χ3n) is 4.09. The number of amides is 1. The van der Waals surface area contributed by atoms with E-state index < -0.39 is 10.8 Å². The molecular weight excluding hydrogens is 366 g/mol. The minimum Gasteiger partial charge on any atom is -0.467 e. The minimum absolute atomic E-state index is 0.0549. The number of benzene rings is 2. The molecule has 0 spiro atoms. The second kappa shape index (κ2) is 8.49. The Morgan fingerprint density at radius 3 is 2.93 bits per heavy atom. The van der Waals surface area contributed by atoms with E-state index in [4.69, 9.17) is 14.3 Å². The zero-order valence-corrected chi connectivity index (χ0v) is 15.4. The van der Waals surface area contributed by atoms with Crippen LogP contribution in [0.25, 0.3) is 0 Å². The highest BCUT2D eigenvalue weighted by atomic mass is 16.7. The fourth-order valence-corrected chi connectivity index (χ4v) is 2.80. The van der Waals surface area contributed by atoms with E-state index in [-0.39, 0.29) is 25.7 Å². The highest BCUT2D eigenvalue weighted by molar-refractivity contribution is 6.31. The molecule has 146 valence electrons. The molecule has 1 aliphatic heterocycles. The second-order valence-electron chi connectivity index (χ2n) is 6.28. The van der Waals surface area contributed by atoms with Crippen molar-refractivity contribution in [3.63, 3.8) is 0 Å². The third kappa shape index (κ3) is 4.63. The standard InChI is InChI=1S/C19H19N3O6/c1-12-3-4-17(13(2)5-12)21-18(23)8-20-28-10-15-7-16(22(24)25)6-14-9-26-11-27-19(14)15/h3-8H,9-11H2,1-2H3,(H,21,23)/b20-8-.